The van der Waals surface area contributed by atoms with Gasteiger partial charge in [-0.25, -0.2) is 4.98 Å². The van der Waals surface area contributed by atoms with Gasteiger partial charge in [0.15, 0.2) is 0 Å². The van der Waals surface area contributed by atoms with Gasteiger partial charge in [0.2, 0.25) is 0 Å². The van der Waals surface area contributed by atoms with Gasteiger partial charge in [-0.2, -0.15) is 0 Å². The van der Waals surface area contributed by atoms with Crippen LogP contribution in [-0.4, -0.2) is 27.8 Å². The molecule has 2 aliphatic rings. The van der Waals surface area contributed by atoms with Crippen LogP contribution in [0.5, 0.6) is 0 Å². The molecule has 2 fully saturated rings. The largest absolute Gasteiger partial charge is 0.370 e. The summed E-state index contributed by atoms with van der Waals surface area (Å²) in [6.45, 7) is 7.10. The van der Waals surface area contributed by atoms with Gasteiger partial charge in [0.05, 0.1) is 23.9 Å². The van der Waals surface area contributed by atoms with Crippen molar-refractivity contribution in [1.82, 2.24) is 14.9 Å². The van der Waals surface area contributed by atoms with Gasteiger partial charge in [-0.1, -0.05) is 26.2 Å². The molecule has 1 aliphatic heterocycles. The Hall–Kier alpha value is -0.870. The first-order valence-electron chi connectivity index (χ1n) is 8.62. The van der Waals surface area contributed by atoms with Crippen molar-refractivity contribution >= 4 is 0 Å². The summed E-state index contributed by atoms with van der Waals surface area (Å²) < 4.78 is 8.85. The third-order valence-electron chi connectivity index (χ3n) is 5.18. The fraction of sp³-hybridized carbons (Fsp3) is 0.824. The molecular weight excluding hydrogens is 262 g/mol. The molecule has 1 aliphatic carbocycles. The van der Waals surface area contributed by atoms with E-state index in [0.29, 0.717) is 6.10 Å². The maximum absolute atomic E-state index is 6.51. The van der Waals surface area contributed by atoms with Crippen molar-refractivity contribution in [3.8, 4) is 0 Å². The van der Waals surface area contributed by atoms with E-state index in [0.717, 1.165) is 25.5 Å². The standard InChI is InChI=1S/C17H29N3O/c1-3-18-11-15-12-19-14(2)20(15)13-16-7-10-17(21-16)8-5-4-6-9-17/h12,16,18H,3-11,13H2,1-2H3. The molecular formula is C17H29N3O. The minimum absolute atomic E-state index is 0.221. The number of ether oxygens (including phenoxy) is 1. The quantitative estimate of drug-likeness (QED) is 0.905. The maximum Gasteiger partial charge on any atom is 0.105 e. The Kier molecular flexibility index (Phi) is 4.65. The molecule has 0 radical (unpaired) electrons. The highest BCUT2D eigenvalue weighted by Gasteiger charge is 2.40. The smallest absolute Gasteiger partial charge is 0.105 e. The van der Waals surface area contributed by atoms with Gasteiger partial charge < -0.3 is 14.6 Å². The van der Waals surface area contributed by atoms with Gasteiger partial charge in [-0.15, -0.1) is 0 Å². The first-order valence-corrected chi connectivity index (χ1v) is 8.62. The Morgan fingerprint density at radius 3 is 2.90 bits per heavy atom. The Morgan fingerprint density at radius 2 is 2.14 bits per heavy atom. The normalized spacial score (nSPS) is 24.8. The molecule has 0 aromatic carbocycles. The summed E-state index contributed by atoms with van der Waals surface area (Å²) in [4.78, 5) is 4.48. The van der Waals surface area contributed by atoms with Crippen LogP contribution in [0.3, 0.4) is 0 Å². The number of imidazole rings is 1. The molecule has 4 nitrogen and oxygen atoms in total. The first-order chi connectivity index (χ1) is 10.2. The van der Waals surface area contributed by atoms with E-state index in [2.05, 4.69) is 28.7 Å². The summed E-state index contributed by atoms with van der Waals surface area (Å²) >= 11 is 0. The molecule has 118 valence electrons. The van der Waals surface area contributed by atoms with Crippen molar-refractivity contribution in [2.24, 2.45) is 0 Å². The van der Waals surface area contributed by atoms with Crippen LogP contribution >= 0.6 is 0 Å². The lowest BCUT2D eigenvalue weighted by atomic mass is 9.83. The third-order valence-corrected chi connectivity index (χ3v) is 5.18. The Labute approximate surface area is 128 Å². The monoisotopic (exact) mass is 291 g/mol. The number of nitrogens with one attached hydrogen (secondary N) is 1. The highest BCUT2D eigenvalue weighted by molar-refractivity contribution is 5.05. The number of hydrogen-bond acceptors (Lipinski definition) is 3. The van der Waals surface area contributed by atoms with Gasteiger partial charge >= 0.3 is 0 Å². The summed E-state index contributed by atoms with van der Waals surface area (Å²) in [6.07, 6.45) is 11.5. The molecule has 0 amide bonds. The molecule has 21 heavy (non-hydrogen) atoms. The van der Waals surface area contributed by atoms with Gasteiger partial charge in [-0.3, -0.25) is 0 Å². The Bertz CT molecular complexity index is 463. The zero-order chi connectivity index (χ0) is 14.7. The fourth-order valence-corrected chi connectivity index (χ4v) is 3.95. The minimum Gasteiger partial charge on any atom is -0.370 e. The van der Waals surface area contributed by atoms with E-state index in [4.69, 9.17) is 4.74 Å². The van der Waals surface area contributed by atoms with E-state index < -0.39 is 0 Å². The lowest BCUT2D eigenvalue weighted by Crippen LogP contribution is -2.32. The predicted molar refractivity (Wildman–Crippen MR) is 84.3 cm³/mol. The van der Waals surface area contributed by atoms with Crippen LogP contribution < -0.4 is 5.32 Å². The number of rotatable bonds is 5. The average molecular weight is 291 g/mol. The second-order valence-corrected chi connectivity index (χ2v) is 6.71. The fourth-order valence-electron chi connectivity index (χ4n) is 3.95. The van der Waals surface area contributed by atoms with Crippen LogP contribution in [0.4, 0.5) is 0 Å². The van der Waals surface area contributed by atoms with E-state index in [1.807, 2.05) is 6.20 Å². The lowest BCUT2D eigenvalue weighted by Gasteiger charge is -2.33. The molecule has 1 aromatic heterocycles. The van der Waals surface area contributed by atoms with Crippen LogP contribution in [0.15, 0.2) is 6.20 Å². The van der Waals surface area contributed by atoms with Gasteiger partial charge in [0.1, 0.15) is 5.82 Å². The van der Waals surface area contributed by atoms with E-state index in [9.17, 15) is 0 Å². The number of nitrogens with zero attached hydrogens (tertiary/aromatic N) is 2. The molecule has 1 saturated heterocycles. The highest BCUT2D eigenvalue weighted by Crippen LogP contribution is 2.42. The van der Waals surface area contributed by atoms with Crippen molar-refractivity contribution in [3.63, 3.8) is 0 Å². The van der Waals surface area contributed by atoms with E-state index in [1.165, 1.54) is 50.6 Å². The van der Waals surface area contributed by atoms with Crippen molar-refractivity contribution in [2.75, 3.05) is 6.54 Å². The van der Waals surface area contributed by atoms with Crippen LogP contribution in [-0.2, 0) is 17.8 Å². The lowest BCUT2D eigenvalue weighted by molar-refractivity contribution is -0.0683. The highest BCUT2D eigenvalue weighted by atomic mass is 16.5. The molecule has 1 atom stereocenters. The predicted octanol–water partition coefficient (Wildman–Crippen LogP) is 3.18. The molecule has 2 heterocycles. The van der Waals surface area contributed by atoms with Gasteiger partial charge in [0.25, 0.3) is 0 Å². The average Bonchev–Trinajstić information content (AvgIpc) is 3.04. The number of hydrogen-bond donors (Lipinski definition) is 1. The molecule has 1 spiro atoms. The van der Waals surface area contributed by atoms with Crippen molar-refractivity contribution in [1.29, 1.82) is 0 Å². The van der Waals surface area contributed by atoms with Crippen LogP contribution in [0.25, 0.3) is 0 Å². The third kappa shape index (κ3) is 3.32. The van der Waals surface area contributed by atoms with E-state index in [1.54, 1.807) is 0 Å². The van der Waals surface area contributed by atoms with Crippen molar-refractivity contribution in [2.45, 2.75) is 83.6 Å². The second kappa shape index (κ2) is 6.49. The topological polar surface area (TPSA) is 39.1 Å². The minimum atomic E-state index is 0.221. The summed E-state index contributed by atoms with van der Waals surface area (Å²) in [5.41, 5.74) is 1.50. The van der Waals surface area contributed by atoms with E-state index >= 15 is 0 Å². The molecule has 3 rings (SSSR count). The molecule has 1 aromatic rings. The molecule has 4 heteroatoms. The number of aryl methyl sites for hydroxylation is 1. The summed E-state index contributed by atoms with van der Waals surface area (Å²) in [7, 11) is 0. The zero-order valence-corrected chi connectivity index (χ0v) is 13.5. The van der Waals surface area contributed by atoms with Crippen LogP contribution in [0.1, 0.15) is 63.4 Å². The Balaban J connectivity index is 1.63. The molecule has 1 N–H and O–H groups in total. The second-order valence-electron chi connectivity index (χ2n) is 6.71. The summed E-state index contributed by atoms with van der Waals surface area (Å²) in [5.74, 6) is 1.11. The first kappa shape index (κ1) is 15.0. The van der Waals surface area contributed by atoms with Gasteiger partial charge in [-0.05, 0) is 39.2 Å². The summed E-state index contributed by atoms with van der Waals surface area (Å²) in [6, 6.07) is 0. The number of aromatic nitrogens is 2. The van der Waals surface area contributed by atoms with E-state index in [-0.39, 0.29) is 5.60 Å². The molecule has 0 bridgehead atoms. The van der Waals surface area contributed by atoms with Crippen LogP contribution in [0, 0.1) is 6.92 Å². The summed E-state index contributed by atoms with van der Waals surface area (Å²) in [5, 5.41) is 3.40. The molecule has 1 unspecified atom stereocenters. The Morgan fingerprint density at radius 1 is 1.33 bits per heavy atom. The van der Waals surface area contributed by atoms with Crippen molar-refractivity contribution < 1.29 is 4.74 Å². The zero-order valence-electron chi connectivity index (χ0n) is 13.5. The molecule has 1 saturated carbocycles. The van der Waals surface area contributed by atoms with Crippen molar-refractivity contribution in [3.05, 3.63) is 17.7 Å². The van der Waals surface area contributed by atoms with Crippen LogP contribution in [0.2, 0.25) is 0 Å². The SMILES string of the molecule is CCNCc1cnc(C)n1CC1CCC2(CCCCC2)O1. The van der Waals surface area contributed by atoms with Gasteiger partial charge in [0, 0.05) is 12.7 Å². The maximum atomic E-state index is 6.51.